The highest BCUT2D eigenvalue weighted by Gasteiger charge is 2.23. The normalized spacial score (nSPS) is 16.1. The molecule has 0 saturated carbocycles. The van der Waals surface area contributed by atoms with Crippen LogP contribution in [0.1, 0.15) is 49.5 Å². The first-order valence-corrected chi connectivity index (χ1v) is 10.3. The van der Waals surface area contributed by atoms with Gasteiger partial charge in [0.1, 0.15) is 0 Å². The second-order valence-corrected chi connectivity index (χ2v) is 8.02. The average molecular weight is 385 g/mol. The number of aromatic nitrogens is 5. The van der Waals surface area contributed by atoms with Gasteiger partial charge in [0.05, 0.1) is 11.8 Å². The summed E-state index contributed by atoms with van der Waals surface area (Å²) in [7, 11) is 0. The van der Waals surface area contributed by atoms with E-state index in [1.54, 1.807) is 11.8 Å². The van der Waals surface area contributed by atoms with Crippen LogP contribution in [-0.4, -0.2) is 42.9 Å². The van der Waals surface area contributed by atoms with Crippen molar-refractivity contribution in [2.75, 3.05) is 13.1 Å². The Labute approximate surface area is 163 Å². The van der Waals surface area contributed by atoms with Gasteiger partial charge in [-0.25, -0.2) is 0 Å². The fraction of sp³-hybridized carbons (Fsp3) is 0.474. The van der Waals surface area contributed by atoms with E-state index in [4.69, 9.17) is 4.52 Å². The predicted octanol–water partition coefficient (Wildman–Crippen LogP) is 3.66. The van der Waals surface area contributed by atoms with Crippen molar-refractivity contribution in [3.63, 3.8) is 0 Å². The topological polar surface area (TPSA) is 72.9 Å². The molecule has 1 aliphatic heterocycles. The van der Waals surface area contributed by atoms with Gasteiger partial charge < -0.3 is 4.52 Å². The van der Waals surface area contributed by atoms with Gasteiger partial charge in [-0.2, -0.15) is 4.98 Å². The van der Waals surface area contributed by atoms with Crippen LogP contribution in [-0.2, 0) is 13.0 Å². The fourth-order valence-corrected chi connectivity index (χ4v) is 4.16. The number of aryl methyl sites for hydroxylation is 1. The minimum atomic E-state index is 0.00380. The molecular weight excluding hydrogens is 360 g/mol. The molecular formula is C19H24N6OS. The molecule has 0 bridgehead atoms. The summed E-state index contributed by atoms with van der Waals surface area (Å²) in [6, 6.07) is 10.3. The number of benzene rings is 1. The molecule has 8 heteroatoms. The number of hydrogen-bond donors (Lipinski definition) is 0. The Morgan fingerprint density at radius 3 is 2.63 bits per heavy atom. The van der Waals surface area contributed by atoms with Crippen molar-refractivity contribution < 1.29 is 4.52 Å². The Hall–Kier alpha value is -2.19. The maximum atomic E-state index is 5.40. The Balaban J connectivity index is 1.62. The van der Waals surface area contributed by atoms with Gasteiger partial charge in [-0.15, -0.1) is 10.2 Å². The number of thioether (sulfide) groups is 1. The number of para-hydroxylation sites is 1. The minimum Gasteiger partial charge on any atom is -0.338 e. The summed E-state index contributed by atoms with van der Waals surface area (Å²) < 4.78 is 7.55. The monoisotopic (exact) mass is 384 g/mol. The van der Waals surface area contributed by atoms with Gasteiger partial charge in [0.25, 0.3) is 0 Å². The van der Waals surface area contributed by atoms with Crippen LogP contribution < -0.4 is 0 Å². The van der Waals surface area contributed by atoms with Crippen molar-refractivity contribution in [2.45, 2.75) is 50.1 Å². The molecule has 1 aromatic carbocycles. The summed E-state index contributed by atoms with van der Waals surface area (Å²) in [5, 5.41) is 13.8. The summed E-state index contributed by atoms with van der Waals surface area (Å²) >= 11 is 1.60. The number of likely N-dealkylation sites (tertiary alicyclic amines) is 1. The number of nitrogens with zero attached hydrogens (tertiary/aromatic N) is 6. The quantitative estimate of drug-likeness (QED) is 0.576. The minimum absolute atomic E-state index is 0.00380. The van der Waals surface area contributed by atoms with Crippen molar-refractivity contribution in [2.24, 2.45) is 0 Å². The van der Waals surface area contributed by atoms with Crippen LogP contribution in [0.15, 0.2) is 40.0 Å². The van der Waals surface area contributed by atoms with Crippen LogP contribution in [0, 0.1) is 0 Å². The summed E-state index contributed by atoms with van der Waals surface area (Å²) in [6.07, 6.45) is 3.28. The first kappa shape index (κ1) is 18.2. The van der Waals surface area contributed by atoms with E-state index in [1.165, 1.54) is 12.8 Å². The predicted molar refractivity (Wildman–Crippen MR) is 104 cm³/mol. The zero-order valence-corrected chi connectivity index (χ0v) is 16.5. The number of hydrogen-bond acceptors (Lipinski definition) is 7. The molecule has 0 spiro atoms. The molecule has 1 saturated heterocycles. The highest BCUT2D eigenvalue weighted by molar-refractivity contribution is 7.99. The van der Waals surface area contributed by atoms with E-state index in [9.17, 15) is 0 Å². The second-order valence-electron chi connectivity index (χ2n) is 6.72. The van der Waals surface area contributed by atoms with E-state index in [1.807, 2.05) is 25.1 Å². The zero-order valence-electron chi connectivity index (χ0n) is 15.7. The molecule has 0 N–H and O–H groups in total. The van der Waals surface area contributed by atoms with Gasteiger partial charge in [-0.05, 0) is 45.0 Å². The van der Waals surface area contributed by atoms with Crippen LogP contribution in [0.3, 0.4) is 0 Å². The Kier molecular flexibility index (Phi) is 5.54. The molecule has 0 amide bonds. The lowest BCUT2D eigenvalue weighted by Crippen LogP contribution is -2.21. The maximum absolute atomic E-state index is 5.40. The maximum Gasteiger partial charge on any atom is 0.239 e. The average Bonchev–Trinajstić information content (AvgIpc) is 3.44. The smallest absolute Gasteiger partial charge is 0.239 e. The van der Waals surface area contributed by atoms with E-state index < -0.39 is 0 Å². The van der Waals surface area contributed by atoms with E-state index in [-0.39, 0.29) is 5.25 Å². The van der Waals surface area contributed by atoms with Gasteiger partial charge in [0.2, 0.25) is 5.89 Å². The molecule has 1 atom stereocenters. The highest BCUT2D eigenvalue weighted by Crippen LogP contribution is 2.34. The van der Waals surface area contributed by atoms with E-state index in [0.717, 1.165) is 48.5 Å². The Morgan fingerprint density at radius 2 is 1.93 bits per heavy atom. The summed E-state index contributed by atoms with van der Waals surface area (Å²) in [5.74, 6) is 2.33. The number of rotatable bonds is 7. The van der Waals surface area contributed by atoms with Crippen LogP contribution in [0.4, 0.5) is 0 Å². The molecule has 0 aliphatic carbocycles. The SMILES string of the molecule is CCc1noc(C(C)Sc2nnc(CN3CCCC3)n2-c2ccccc2)n1. The molecule has 4 rings (SSSR count). The van der Waals surface area contributed by atoms with E-state index >= 15 is 0 Å². The molecule has 1 unspecified atom stereocenters. The lowest BCUT2D eigenvalue weighted by molar-refractivity contribution is 0.319. The van der Waals surface area contributed by atoms with Crippen molar-refractivity contribution in [1.29, 1.82) is 0 Å². The second kappa shape index (κ2) is 8.22. The molecule has 1 fully saturated rings. The molecule has 27 heavy (non-hydrogen) atoms. The van der Waals surface area contributed by atoms with Gasteiger partial charge >= 0.3 is 0 Å². The van der Waals surface area contributed by atoms with Crippen LogP contribution in [0.5, 0.6) is 0 Å². The fourth-order valence-electron chi connectivity index (χ4n) is 3.24. The summed E-state index contributed by atoms with van der Waals surface area (Å²) in [4.78, 5) is 6.89. The third kappa shape index (κ3) is 4.06. The largest absolute Gasteiger partial charge is 0.338 e. The van der Waals surface area contributed by atoms with Gasteiger partial charge in [0, 0.05) is 12.1 Å². The van der Waals surface area contributed by atoms with Crippen molar-refractivity contribution in [3.05, 3.63) is 47.9 Å². The lowest BCUT2D eigenvalue weighted by Gasteiger charge is -2.16. The highest BCUT2D eigenvalue weighted by atomic mass is 32.2. The molecule has 3 heterocycles. The van der Waals surface area contributed by atoms with Gasteiger partial charge in [-0.1, -0.05) is 42.0 Å². The van der Waals surface area contributed by atoms with Crippen LogP contribution >= 0.6 is 11.8 Å². The Morgan fingerprint density at radius 1 is 1.15 bits per heavy atom. The third-order valence-corrected chi connectivity index (χ3v) is 5.74. The van der Waals surface area contributed by atoms with Crippen LogP contribution in [0.2, 0.25) is 0 Å². The van der Waals surface area contributed by atoms with Crippen molar-refractivity contribution in [3.8, 4) is 5.69 Å². The first-order chi connectivity index (χ1) is 13.2. The summed E-state index contributed by atoms with van der Waals surface area (Å²) in [6.45, 7) is 7.15. The van der Waals surface area contributed by atoms with E-state index in [2.05, 4.69) is 48.9 Å². The molecule has 0 radical (unpaired) electrons. The van der Waals surface area contributed by atoms with Crippen LogP contribution in [0.25, 0.3) is 5.69 Å². The first-order valence-electron chi connectivity index (χ1n) is 9.45. The molecule has 1 aliphatic rings. The summed E-state index contributed by atoms with van der Waals surface area (Å²) in [5.41, 5.74) is 1.08. The molecule has 7 nitrogen and oxygen atoms in total. The Bertz CT molecular complexity index is 871. The van der Waals surface area contributed by atoms with Gasteiger partial charge in [-0.3, -0.25) is 9.47 Å². The third-order valence-electron chi connectivity index (χ3n) is 4.71. The lowest BCUT2D eigenvalue weighted by atomic mass is 10.3. The molecule has 3 aromatic rings. The van der Waals surface area contributed by atoms with Crippen molar-refractivity contribution in [1.82, 2.24) is 29.8 Å². The van der Waals surface area contributed by atoms with E-state index in [0.29, 0.717) is 5.89 Å². The standard InChI is InChI=1S/C19H24N6OS/c1-3-16-20-18(26-23-16)14(2)27-19-22-21-17(13-24-11-7-8-12-24)25(19)15-9-5-4-6-10-15/h4-6,9-10,14H,3,7-8,11-13H2,1-2H3. The van der Waals surface area contributed by atoms with Gasteiger partial charge in [0.15, 0.2) is 16.8 Å². The van der Waals surface area contributed by atoms with Crippen molar-refractivity contribution >= 4 is 11.8 Å². The molecule has 142 valence electrons. The zero-order chi connectivity index (χ0) is 18.6. The molecule has 2 aromatic heterocycles.